The van der Waals surface area contributed by atoms with Gasteiger partial charge in [0.15, 0.2) is 0 Å². The van der Waals surface area contributed by atoms with Gasteiger partial charge in [-0.05, 0) is 38.8 Å². The quantitative estimate of drug-likeness (QED) is 0.851. The SMILES string of the molecule is CC(=O)C1CCCN(S(=O)(=O)c2ccc(C)cc2)C1. The Bertz CT molecular complexity index is 563. The molecule has 1 heterocycles. The molecular formula is C14H19NO3S. The average Bonchev–Trinajstić information content (AvgIpc) is 2.39. The third-order valence-corrected chi connectivity index (χ3v) is 5.50. The molecule has 1 aromatic rings. The van der Waals surface area contributed by atoms with Crippen molar-refractivity contribution in [1.29, 1.82) is 0 Å². The van der Waals surface area contributed by atoms with Crippen LogP contribution in [0.1, 0.15) is 25.3 Å². The number of carbonyl (C=O) groups is 1. The lowest BCUT2D eigenvalue weighted by molar-refractivity contribution is -0.121. The van der Waals surface area contributed by atoms with E-state index in [9.17, 15) is 13.2 Å². The number of hydrogen-bond donors (Lipinski definition) is 0. The van der Waals surface area contributed by atoms with Gasteiger partial charge in [0, 0.05) is 19.0 Å². The first-order valence-electron chi connectivity index (χ1n) is 6.48. The predicted molar refractivity (Wildman–Crippen MR) is 73.3 cm³/mol. The summed E-state index contributed by atoms with van der Waals surface area (Å²) < 4.78 is 26.4. The molecule has 1 aliphatic rings. The average molecular weight is 281 g/mol. The van der Waals surface area contributed by atoms with E-state index in [-0.39, 0.29) is 11.7 Å². The van der Waals surface area contributed by atoms with Crippen LogP contribution in [0.4, 0.5) is 0 Å². The Morgan fingerprint density at radius 2 is 1.89 bits per heavy atom. The predicted octanol–water partition coefficient (Wildman–Crippen LogP) is 1.98. The van der Waals surface area contributed by atoms with Gasteiger partial charge in [0.2, 0.25) is 10.0 Å². The first-order chi connectivity index (χ1) is 8.91. The molecule has 1 fully saturated rings. The molecule has 0 aliphatic carbocycles. The number of nitrogens with zero attached hydrogens (tertiary/aromatic N) is 1. The summed E-state index contributed by atoms with van der Waals surface area (Å²) in [6.45, 7) is 4.27. The molecule has 0 aromatic heterocycles. The van der Waals surface area contributed by atoms with Crippen molar-refractivity contribution in [2.45, 2.75) is 31.6 Å². The number of benzene rings is 1. The van der Waals surface area contributed by atoms with Gasteiger partial charge in [0.05, 0.1) is 4.90 Å². The van der Waals surface area contributed by atoms with Crippen LogP contribution in [-0.4, -0.2) is 31.6 Å². The fraction of sp³-hybridized carbons (Fsp3) is 0.500. The monoisotopic (exact) mass is 281 g/mol. The van der Waals surface area contributed by atoms with Crippen LogP contribution in [-0.2, 0) is 14.8 Å². The second-order valence-electron chi connectivity index (χ2n) is 5.13. The third-order valence-electron chi connectivity index (χ3n) is 3.62. The number of aryl methyl sites for hydroxylation is 1. The zero-order chi connectivity index (χ0) is 14.0. The van der Waals surface area contributed by atoms with E-state index in [1.54, 1.807) is 24.3 Å². The normalized spacial score (nSPS) is 21.3. The lowest BCUT2D eigenvalue weighted by Gasteiger charge is -2.30. The number of sulfonamides is 1. The van der Waals surface area contributed by atoms with E-state index in [2.05, 4.69) is 0 Å². The van der Waals surface area contributed by atoms with Gasteiger partial charge in [0.25, 0.3) is 0 Å². The molecule has 0 amide bonds. The van der Waals surface area contributed by atoms with E-state index in [0.717, 1.165) is 18.4 Å². The Morgan fingerprint density at radius 3 is 2.47 bits per heavy atom. The van der Waals surface area contributed by atoms with Crippen molar-refractivity contribution in [3.05, 3.63) is 29.8 Å². The molecule has 19 heavy (non-hydrogen) atoms. The van der Waals surface area contributed by atoms with Crippen molar-refractivity contribution >= 4 is 15.8 Å². The highest BCUT2D eigenvalue weighted by Crippen LogP contribution is 2.24. The molecule has 1 aromatic carbocycles. The lowest BCUT2D eigenvalue weighted by atomic mass is 9.96. The summed E-state index contributed by atoms with van der Waals surface area (Å²) in [5.41, 5.74) is 1.03. The van der Waals surface area contributed by atoms with Gasteiger partial charge in [-0.3, -0.25) is 4.79 Å². The second kappa shape index (κ2) is 5.43. The topological polar surface area (TPSA) is 54.5 Å². The zero-order valence-electron chi connectivity index (χ0n) is 11.3. The molecule has 0 radical (unpaired) electrons. The molecule has 104 valence electrons. The minimum absolute atomic E-state index is 0.0730. The van der Waals surface area contributed by atoms with Crippen molar-refractivity contribution in [2.24, 2.45) is 5.92 Å². The van der Waals surface area contributed by atoms with Crippen molar-refractivity contribution in [2.75, 3.05) is 13.1 Å². The Morgan fingerprint density at radius 1 is 1.26 bits per heavy atom. The second-order valence-corrected chi connectivity index (χ2v) is 7.06. The Kier molecular flexibility index (Phi) is 4.06. The number of hydrogen-bond acceptors (Lipinski definition) is 3. The molecular weight excluding hydrogens is 262 g/mol. The van der Waals surface area contributed by atoms with Crippen LogP contribution < -0.4 is 0 Å². The van der Waals surface area contributed by atoms with E-state index in [4.69, 9.17) is 0 Å². The molecule has 5 heteroatoms. The summed E-state index contributed by atoms with van der Waals surface area (Å²) >= 11 is 0. The zero-order valence-corrected chi connectivity index (χ0v) is 12.1. The van der Waals surface area contributed by atoms with E-state index in [1.165, 1.54) is 11.2 Å². The van der Waals surface area contributed by atoms with E-state index in [1.807, 2.05) is 6.92 Å². The Hall–Kier alpha value is -1.20. The fourth-order valence-corrected chi connectivity index (χ4v) is 3.88. The molecule has 1 atom stereocenters. The molecule has 0 N–H and O–H groups in total. The maximum atomic E-state index is 12.5. The smallest absolute Gasteiger partial charge is 0.243 e. The molecule has 0 spiro atoms. The van der Waals surface area contributed by atoms with Crippen molar-refractivity contribution in [1.82, 2.24) is 4.31 Å². The van der Waals surface area contributed by atoms with Crippen LogP contribution >= 0.6 is 0 Å². The molecule has 0 saturated carbocycles. The Labute approximate surface area is 114 Å². The summed E-state index contributed by atoms with van der Waals surface area (Å²) in [5.74, 6) is -0.0854. The summed E-state index contributed by atoms with van der Waals surface area (Å²) in [4.78, 5) is 11.7. The molecule has 1 aliphatic heterocycles. The first kappa shape index (κ1) is 14.2. The van der Waals surface area contributed by atoms with E-state index in [0.29, 0.717) is 18.0 Å². The van der Waals surface area contributed by atoms with Gasteiger partial charge in [-0.15, -0.1) is 0 Å². The van der Waals surface area contributed by atoms with E-state index >= 15 is 0 Å². The molecule has 2 rings (SSSR count). The maximum Gasteiger partial charge on any atom is 0.243 e. The number of carbonyl (C=O) groups excluding carboxylic acids is 1. The highest BCUT2D eigenvalue weighted by Gasteiger charge is 2.31. The fourth-order valence-electron chi connectivity index (χ4n) is 2.35. The maximum absolute atomic E-state index is 12.5. The highest BCUT2D eigenvalue weighted by atomic mass is 32.2. The van der Waals surface area contributed by atoms with Gasteiger partial charge in [-0.2, -0.15) is 4.31 Å². The number of ketones is 1. The minimum atomic E-state index is -3.46. The molecule has 0 bridgehead atoms. The van der Waals surface area contributed by atoms with Crippen molar-refractivity contribution in [3.63, 3.8) is 0 Å². The summed E-state index contributed by atoms with van der Waals surface area (Å²) in [5, 5.41) is 0. The van der Waals surface area contributed by atoms with Crippen LogP contribution in [0.15, 0.2) is 29.2 Å². The van der Waals surface area contributed by atoms with Crippen LogP contribution in [0.3, 0.4) is 0 Å². The number of rotatable bonds is 3. The number of Topliss-reactive ketones (excluding diaryl/α,β-unsaturated/α-hetero) is 1. The van der Waals surface area contributed by atoms with Crippen LogP contribution in [0.25, 0.3) is 0 Å². The highest BCUT2D eigenvalue weighted by molar-refractivity contribution is 7.89. The molecule has 4 nitrogen and oxygen atoms in total. The lowest BCUT2D eigenvalue weighted by Crippen LogP contribution is -2.41. The van der Waals surface area contributed by atoms with Crippen molar-refractivity contribution in [3.8, 4) is 0 Å². The van der Waals surface area contributed by atoms with Gasteiger partial charge in [-0.25, -0.2) is 8.42 Å². The van der Waals surface area contributed by atoms with Gasteiger partial charge in [-0.1, -0.05) is 17.7 Å². The summed E-state index contributed by atoms with van der Waals surface area (Å²) in [6, 6.07) is 6.84. The van der Waals surface area contributed by atoms with Gasteiger partial charge in [0.1, 0.15) is 5.78 Å². The van der Waals surface area contributed by atoms with Crippen LogP contribution in [0.5, 0.6) is 0 Å². The van der Waals surface area contributed by atoms with E-state index < -0.39 is 10.0 Å². The number of piperidine rings is 1. The van der Waals surface area contributed by atoms with Crippen molar-refractivity contribution < 1.29 is 13.2 Å². The third kappa shape index (κ3) is 3.04. The summed E-state index contributed by atoms with van der Waals surface area (Å²) in [7, 11) is -3.46. The van der Waals surface area contributed by atoms with Crippen LogP contribution in [0.2, 0.25) is 0 Å². The first-order valence-corrected chi connectivity index (χ1v) is 7.92. The largest absolute Gasteiger partial charge is 0.300 e. The van der Waals surface area contributed by atoms with Crippen LogP contribution in [0, 0.1) is 12.8 Å². The Balaban J connectivity index is 2.24. The molecule has 1 saturated heterocycles. The van der Waals surface area contributed by atoms with Gasteiger partial charge >= 0.3 is 0 Å². The minimum Gasteiger partial charge on any atom is -0.300 e. The van der Waals surface area contributed by atoms with Gasteiger partial charge < -0.3 is 0 Å². The summed E-state index contributed by atoms with van der Waals surface area (Å²) in [6.07, 6.45) is 1.53. The molecule has 1 unspecified atom stereocenters. The standard InChI is InChI=1S/C14H19NO3S/c1-11-5-7-14(8-6-11)19(17,18)15-9-3-4-13(10-15)12(2)16/h5-8,13H,3-4,9-10H2,1-2H3.